The molecule has 2 aromatic carbocycles. The number of alkyl carbamates (subject to hydrolysis) is 1. The Morgan fingerprint density at radius 2 is 2.00 bits per heavy atom. The van der Waals surface area contributed by atoms with Crippen molar-refractivity contribution in [2.45, 2.75) is 45.8 Å². The highest BCUT2D eigenvalue weighted by Gasteiger charge is 2.25. The Morgan fingerprint density at radius 1 is 1.29 bits per heavy atom. The normalized spacial score (nSPS) is 12.3. The van der Waals surface area contributed by atoms with Gasteiger partial charge in [0.05, 0.1) is 39.3 Å². The van der Waals surface area contributed by atoms with Crippen LogP contribution in [0.5, 0.6) is 0 Å². The average Bonchev–Trinajstić information content (AvgIpc) is 2.70. The second-order valence-corrected chi connectivity index (χ2v) is 8.42. The second-order valence-electron chi connectivity index (χ2n) is 8.01. The molecule has 160 valence electrons. The molecule has 8 heteroatoms. The fourth-order valence-electron chi connectivity index (χ4n) is 3.20. The Labute approximate surface area is 185 Å². The highest BCUT2D eigenvalue weighted by molar-refractivity contribution is 6.35. The summed E-state index contributed by atoms with van der Waals surface area (Å²) in [5.41, 5.74) is 0.211. The molecule has 0 saturated carbocycles. The van der Waals surface area contributed by atoms with Crippen LogP contribution in [0.2, 0.25) is 5.02 Å². The van der Waals surface area contributed by atoms with Crippen LogP contribution in [0, 0.1) is 11.3 Å². The zero-order valence-electron chi connectivity index (χ0n) is 17.8. The predicted octanol–water partition coefficient (Wildman–Crippen LogP) is 4.89. The predicted molar refractivity (Wildman–Crippen MR) is 119 cm³/mol. The first-order valence-corrected chi connectivity index (χ1v) is 10.2. The number of benzene rings is 2. The Kier molecular flexibility index (Phi) is 6.32. The zero-order valence-corrected chi connectivity index (χ0v) is 18.5. The van der Waals surface area contributed by atoms with E-state index in [0.29, 0.717) is 29.0 Å². The number of carbonyl (C=O) groups is 1. The van der Waals surface area contributed by atoms with E-state index in [4.69, 9.17) is 16.3 Å². The van der Waals surface area contributed by atoms with E-state index < -0.39 is 17.7 Å². The number of aromatic nitrogens is 2. The summed E-state index contributed by atoms with van der Waals surface area (Å²) < 4.78 is 6.77. The summed E-state index contributed by atoms with van der Waals surface area (Å²) in [6, 6.07) is 13.1. The fraction of sp³-hybridized carbons (Fsp3) is 0.304. The molecule has 0 aliphatic rings. The van der Waals surface area contributed by atoms with Gasteiger partial charge in [0.2, 0.25) is 0 Å². The Balaban J connectivity index is 2.25. The van der Waals surface area contributed by atoms with Crippen molar-refractivity contribution in [2.75, 3.05) is 0 Å². The summed E-state index contributed by atoms with van der Waals surface area (Å²) in [6.07, 6.45) is -0.160. The first kappa shape index (κ1) is 22.3. The topological polar surface area (TPSA) is 97.0 Å². The van der Waals surface area contributed by atoms with E-state index in [1.807, 2.05) is 6.92 Å². The minimum absolute atomic E-state index is 0.266. The highest BCUT2D eigenvalue weighted by atomic mass is 35.5. The number of hydrogen-bond donors (Lipinski definition) is 1. The van der Waals surface area contributed by atoms with Gasteiger partial charge in [-0.3, -0.25) is 9.36 Å². The number of halogens is 1. The summed E-state index contributed by atoms with van der Waals surface area (Å²) in [5, 5.41) is 12.6. The van der Waals surface area contributed by atoms with Gasteiger partial charge >= 0.3 is 6.09 Å². The maximum Gasteiger partial charge on any atom is 0.408 e. The average molecular weight is 439 g/mol. The number of nitriles is 1. The van der Waals surface area contributed by atoms with Crippen LogP contribution in [0.25, 0.3) is 16.6 Å². The molecule has 1 aromatic heterocycles. The van der Waals surface area contributed by atoms with Crippen LogP contribution in [0.3, 0.4) is 0 Å². The summed E-state index contributed by atoms with van der Waals surface area (Å²) in [7, 11) is 0. The summed E-state index contributed by atoms with van der Waals surface area (Å²) in [6.45, 7) is 7.18. The van der Waals surface area contributed by atoms with Gasteiger partial charge in [-0.2, -0.15) is 5.26 Å². The third-order valence-corrected chi connectivity index (χ3v) is 4.83. The third kappa shape index (κ3) is 4.86. The Morgan fingerprint density at radius 3 is 2.65 bits per heavy atom. The number of nitrogens with zero attached hydrogens (tertiary/aromatic N) is 3. The van der Waals surface area contributed by atoms with Crippen molar-refractivity contribution < 1.29 is 9.53 Å². The molecule has 1 heterocycles. The Bertz CT molecular complexity index is 1240. The standard InChI is InChI=1S/C23H23ClN4O3/c1-5-17(27-22(30)31-23(2,3)4)20-26-18-11-7-10-16(24)19(18)21(29)28(20)15-9-6-8-14(12-15)13-25/h6-12,17H,5H2,1-4H3,(H,27,30)/t17-/m0/s1. The van der Waals surface area contributed by atoms with Crippen LogP contribution < -0.4 is 10.9 Å². The number of carbonyl (C=O) groups excluding carboxylic acids is 1. The van der Waals surface area contributed by atoms with E-state index in [-0.39, 0.29) is 16.0 Å². The summed E-state index contributed by atoms with van der Waals surface area (Å²) >= 11 is 6.31. The van der Waals surface area contributed by atoms with Gasteiger partial charge in [0.1, 0.15) is 11.4 Å². The number of fused-ring (bicyclic) bond motifs is 1. The lowest BCUT2D eigenvalue weighted by Gasteiger charge is -2.25. The van der Waals surface area contributed by atoms with Gasteiger partial charge in [0, 0.05) is 0 Å². The van der Waals surface area contributed by atoms with E-state index in [0.717, 1.165) is 0 Å². The lowest BCUT2D eigenvalue weighted by Crippen LogP contribution is -2.37. The van der Waals surface area contributed by atoms with Gasteiger partial charge in [0.15, 0.2) is 0 Å². The van der Waals surface area contributed by atoms with E-state index in [2.05, 4.69) is 16.4 Å². The molecule has 0 unspecified atom stereocenters. The smallest absolute Gasteiger partial charge is 0.408 e. The third-order valence-electron chi connectivity index (χ3n) is 4.52. The molecule has 1 amide bonds. The quantitative estimate of drug-likeness (QED) is 0.625. The molecule has 0 radical (unpaired) electrons. The number of ether oxygens (including phenoxy) is 1. The number of amides is 1. The molecule has 1 N–H and O–H groups in total. The minimum atomic E-state index is -0.673. The molecule has 1 atom stereocenters. The molecule has 0 aliphatic heterocycles. The molecule has 3 rings (SSSR count). The lowest BCUT2D eigenvalue weighted by molar-refractivity contribution is 0.0499. The van der Waals surface area contributed by atoms with Crippen LogP contribution in [-0.2, 0) is 4.74 Å². The first-order valence-electron chi connectivity index (χ1n) is 9.86. The van der Waals surface area contributed by atoms with Crippen molar-refractivity contribution in [2.24, 2.45) is 0 Å². The second kappa shape index (κ2) is 8.78. The largest absolute Gasteiger partial charge is 0.444 e. The van der Waals surface area contributed by atoms with Crippen molar-refractivity contribution in [3.8, 4) is 11.8 Å². The van der Waals surface area contributed by atoms with Crippen molar-refractivity contribution in [3.63, 3.8) is 0 Å². The minimum Gasteiger partial charge on any atom is -0.444 e. The van der Waals surface area contributed by atoms with Gasteiger partial charge in [-0.05, 0) is 57.5 Å². The molecule has 0 aliphatic carbocycles. The fourth-order valence-corrected chi connectivity index (χ4v) is 3.45. The summed E-state index contributed by atoms with van der Waals surface area (Å²) in [5.74, 6) is 0.322. The molecular formula is C23H23ClN4O3. The van der Waals surface area contributed by atoms with Gasteiger partial charge in [0.25, 0.3) is 5.56 Å². The SMILES string of the molecule is CC[C@H](NC(=O)OC(C)(C)C)c1nc2cccc(Cl)c2c(=O)n1-c1cccc(C#N)c1. The van der Waals surface area contributed by atoms with E-state index in [9.17, 15) is 14.9 Å². The van der Waals surface area contributed by atoms with Crippen LogP contribution in [-0.4, -0.2) is 21.2 Å². The van der Waals surface area contributed by atoms with Crippen molar-refractivity contribution in [1.82, 2.24) is 14.9 Å². The molecule has 0 fully saturated rings. The van der Waals surface area contributed by atoms with Gasteiger partial charge in [-0.25, -0.2) is 9.78 Å². The van der Waals surface area contributed by atoms with Crippen LogP contribution in [0.4, 0.5) is 4.79 Å². The van der Waals surface area contributed by atoms with Crippen LogP contribution in [0.1, 0.15) is 51.5 Å². The number of hydrogen-bond acceptors (Lipinski definition) is 5. The van der Waals surface area contributed by atoms with Gasteiger partial charge < -0.3 is 10.1 Å². The first-order chi connectivity index (χ1) is 14.6. The molecule has 31 heavy (non-hydrogen) atoms. The number of nitrogens with one attached hydrogen (secondary N) is 1. The van der Waals surface area contributed by atoms with E-state index >= 15 is 0 Å². The van der Waals surface area contributed by atoms with Gasteiger partial charge in [-0.1, -0.05) is 30.7 Å². The maximum atomic E-state index is 13.5. The molecule has 0 bridgehead atoms. The molecule has 0 spiro atoms. The molecule has 3 aromatic rings. The van der Waals surface area contributed by atoms with Crippen LogP contribution >= 0.6 is 11.6 Å². The molecular weight excluding hydrogens is 416 g/mol. The van der Waals surface area contributed by atoms with Crippen molar-refractivity contribution in [1.29, 1.82) is 5.26 Å². The maximum absolute atomic E-state index is 13.5. The number of rotatable bonds is 4. The van der Waals surface area contributed by atoms with Crippen molar-refractivity contribution in [3.05, 3.63) is 69.2 Å². The summed E-state index contributed by atoms with van der Waals surface area (Å²) in [4.78, 5) is 30.6. The Hall–Kier alpha value is -3.37. The van der Waals surface area contributed by atoms with E-state index in [1.54, 1.807) is 63.2 Å². The van der Waals surface area contributed by atoms with Crippen LogP contribution in [0.15, 0.2) is 47.3 Å². The highest BCUT2D eigenvalue weighted by Crippen LogP contribution is 2.24. The van der Waals surface area contributed by atoms with E-state index in [1.165, 1.54) is 4.57 Å². The van der Waals surface area contributed by atoms with Crippen molar-refractivity contribution >= 4 is 28.6 Å². The molecule has 7 nitrogen and oxygen atoms in total. The lowest BCUT2D eigenvalue weighted by atomic mass is 10.1. The monoisotopic (exact) mass is 438 g/mol. The zero-order chi connectivity index (χ0) is 22.8. The molecule has 0 saturated heterocycles. The van der Waals surface area contributed by atoms with Gasteiger partial charge in [-0.15, -0.1) is 0 Å².